The van der Waals surface area contributed by atoms with E-state index in [-0.39, 0.29) is 17.5 Å². The van der Waals surface area contributed by atoms with Gasteiger partial charge in [-0.3, -0.25) is 19.9 Å². The van der Waals surface area contributed by atoms with Crippen LogP contribution in [0.1, 0.15) is 35.9 Å². The third kappa shape index (κ3) is 3.42. The number of nitrogens with zero attached hydrogens (tertiary/aromatic N) is 2. The maximum atomic E-state index is 11.3. The van der Waals surface area contributed by atoms with Crippen LogP contribution in [0.4, 0.5) is 11.4 Å². The lowest BCUT2D eigenvalue weighted by Gasteiger charge is -2.15. The minimum atomic E-state index is -0.500. The van der Waals surface area contributed by atoms with E-state index in [0.717, 1.165) is 5.69 Å². The number of ketones is 1. The van der Waals surface area contributed by atoms with Crippen molar-refractivity contribution in [3.63, 3.8) is 0 Å². The smallest absolute Gasteiger partial charge is 0.293 e. The summed E-state index contributed by atoms with van der Waals surface area (Å²) in [6, 6.07) is 9.72. The summed E-state index contributed by atoms with van der Waals surface area (Å²) < 4.78 is 0. The largest absolute Gasteiger partial charge is 0.371 e. The van der Waals surface area contributed by atoms with Crippen LogP contribution in [0.25, 0.3) is 0 Å². The zero-order valence-electron chi connectivity index (χ0n) is 11.7. The molecule has 0 aliphatic heterocycles. The van der Waals surface area contributed by atoms with Gasteiger partial charge in [0.15, 0.2) is 5.78 Å². The number of carbonyl (C=O) groups excluding carboxylic acids is 1. The van der Waals surface area contributed by atoms with Crippen LogP contribution in [0.2, 0.25) is 0 Å². The van der Waals surface area contributed by atoms with Crippen LogP contribution in [-0.2, 0) is 0 Å². The van der Waals surface area contributed by atoms with E-state index >= 15 is 0 Å². The number of nitrogens with one attached hydrogen (secondary N) is 1. The Hall–Kier alpha value is -2.76. The molecule has 6 nitrogen and oxygen atoms in total. The molecule has 0 fully saturated rings. The Kier molecular flexibility index (Phi) is 4.27. The Morgan fingerprint density at radius 1 is 1.33 bits per heavy atom. The van der Waals surface area contributed by atoms with E-state index in [1.807, 2.05) is 19.1 Å². The van der Waals surface area contributed by atoms with Crippen molar-refractivity contribution in [2.24, 2.45) is 0 Å². The number of aromatic nitrogens is 1. The maximum absolute atomic E-state index is 11.3. The number of benzene rings is 1. The number of rotatable bonds is 5. The molecular formula is C15H15N3O3. The number of anilines is 1. The van der Waals surface area contributed by atoms with Crippen LogP contribution in [0, 0.1) is 10.1 Å². The van der Waals surface area contributed by atoms with E-state index in [4.69, 9.17) is 0 Å². The van der Waals surface area contributed by atoms with Crippen molar-refractivity contribution in [1.29, 1.82) is 0 Å². The second-order valence-corrected chi connectivity index (χ2v) is 4.67. The van der Waals surface area contributed by atoms with Crippen molar-refractivity contribution < 1.29 is 9.72 Å². The number of nitro benzene ring substituents is 1. The van der Waals surface area contributed by atoms with Crippen LogP contribution >= 0.6 is 0 Å². The highest BCUT2D eigenvalue weighted by Crippen LogP contribution is 2.28. The van der Waals surface area contributed by atoms with E-state index in [1.165, 1.54) is 13.0 Å². The second kappa shape index (κ2) is 6.13. The predicted octanol–water partition coefficient (Wildman–Crippen LogP) is 3.37. The molecule has 21 heavy (non-hydrogen) atoms. The monoisotopic (exact) mass is 285 g/mol. The molecule has 1 heterocycles. The SMILES string of the molecule is CC(=O)c1ccc(N[C@@H](C)c2ccccn2)c([N+](=O)[O-])c1. The highest BCUT2D eigenvalue weighted by Gasteiger charge is 2.18. The van der Waals surface area contributed by atoms with Crippen LogP contribution in [0.3, 0.4) is 0 Å². The van der Waals surface area contributed by atoms with Crippen LogP contribution < -0.4 is 5.32 Å². The first-order valence-corrected chi connectivity index (χ1v) is 6.46. The quantitative estimate of drug-likeness (QED) is 0.517. The van der Waals surface area contributed by atoms with Gasteiger partial charge in [-0.15, -0.1) is 0 Å². The van der Waals surface area contributed by atoms with Gasteiger partial charge < -0.3 is 5.32 Å². The van der Waals surface area contributed by atoms with Gasteiger partial charge in [0.05, 0.1) is 16.7 Å². The third-order valence-electron chi connectivity index (χ3n) is 3.10. The zero-order valence-corrected chi connectivity index (χ0v) is 11.7. The topological polar surface area (TPSA) is 85.1 Å². The molecule has 0 spiro atoms. The lowest BCUT2D eigenvalue weighted by atomic mass is 10.1. The van der Waals surface area contributed by atoms with Gasteiger partial charge in [0, 0.05) is 17.8 Å². The minimum absolute atomic E-state index is 0.120. The van der Waals surface area contributed by atoms with Crippen LogP contribution in [-0.4, -0.2) is 15.7 Å². The van der Waals surface area contributed by atoms with Gasteiger partial charge in [-0.25, -0.2) is 0 Å². The molecule has 0 bridgehead atoms. The Morgan fingerprint density at radius 2 is 2.10 bits per heavy atom. The van der Waals surface area contributed by atoms with E-state index in [0.29, 0.717) is 11.3 Å². The molecule has 6 heteroatoms. The number of hydrogen-bond acceptors (Lipinski definition) is 5. The zero-order chi connectivity index (χ0) is 15.4. The molecule has 0 saturated carbocycles. The van der Waals surface area contributed by atoms with Crippen LogP contribution in [0.5, 0.6) is 0 Å². The number of pyridine rings is 1. The van der Waals surface area contributed by atoms with Crippen molar-refractivity contribution >= 4 is 17.2 Å². The molecular weight excluding hydrogens is 270 g/mol. The summed E-state index contributed by atoms with van der Waals surface area (Å²) in [6.45, 7) is 3.24. The molecule has 0 unspecified atom stereocenters. The summed E-state index contributed by atoms with van der Waals surface area (Å²) in [6.07, 6.45) is 1.67. The molecule has 2 aromatic rings. The fourth-order valence-corrected chi connectivity index (χ4v) is 1.96. The molecule has 0 aliphatic carbocycles. The number of carbonyl (C=O) groups is 1. The highest BCUT2D eigenvalue weighted by atomic mass is 16.6. The van der Waals surface area contributed by atoms with Gasteiger partial charge in [0.25, 0.3) is 5.69 Å². The summed E-state index contributed by atoms with van der Waals surface area (Å²) in [5, 5.41) is 14.2. The predicted molar refractivity (Wildman–Crippen MR) is 79.4 cm³/mol. The summed E-state index contributed by atoms with van der Waals surface area (Å²) in [5.41, 5.74) is 1.34. The van der Waals surface area contributed by atoms with E-state index < -0.39 is 4.92 Å². The molecule has 2 rings (SSSR count). The Labute approximate surface area is 122 Å². The average Bonchev–Trinajstić information content (AvgIpc) is 2.48. The molecule has 0 amide bonds. The lowest BCUT2D eigenvalue weighted by molar-refractivity contribution is -0.384. The van der Waals surface area contributed by atoms with Crippen molar-refractivity contribution in [3.05, 3.63) is 64.0 Å². The van der Waals surface area contributed by atoms with Gasteiger partial charge >= 0.3 is 0 Å². The van der Waals surface area contributed by atoms with E-state index in [1.54, 1.807) is 24.4 Å². The number of nitro groups is 1. The molecule has 1 aromatic heterocycles. The summed E-state index contributed by atoms with van der Waals surface area (Å²) in [5.74, 6) is -0.206. The summed E-state index contributed by atoms with van der Waals surface area (Å²) >= 11 is 0. The van der Waals surface area contributed by atoms with Crippen LogP contribution in [0.15, 0.2) is 42.6 Å². The van der Waals surface area contributed by atoms with Gasteiger partial charge in [-0.2, -0.15) is 0 Å². The normalized spacial score (nSPS) is 11.7. The van der Waals surface area contributed by atoms with E-state index in [2.05, 4.69) is 10.3 Å². The average molecular weight is 285 g/mol. The third-order valence-corrected chi connectivity index (χ3v) is 3.10. The van der Waals surface area contributed by atoms with Gasteiger partial charge in [0.2, 0.25) is 0 Å². The summed E-state index contributed by atoms with van der Waals surface area (Å²) in [7, 11) is 0. The fraction of sp³-hybridized carbons (Fsp3) is 0.200. The molecule has 1 N–H and O–H groups in total. The summed E-state index contributed by atoms with van der Waals surface area (Å²) in [4.78, 5) is 26.2. The van der Waals surface area contributed by atoms with Gasteiger partial charge in [-0.05, 0) is 38.1 Å². The first-order valence-electron chi connectivity index (χ1n) is 6.46. The molecule has 1 aromatic carbocycles. The minimum Gasteiger partial charge on any atom is -0.371 e. The fourth-order valence-electron chi connectivity index (χ4n) is 1.96. The van der Waals surface area contributed by atoms with Crippen molar-refractivity contribution in [1.82, 2.24) is 4.98 Å². The van der Waals surface area contributed by atoms with Crippen molar-refractivity contribution in [2.75, 3.05) is 5.32 Å². The Bertz CT molecular complexity index is 671. The maximum Gasteiger partial charge on any atom is 0.293 e. The first kappa shape index (κ1) is 14.6. The lowest BCUT2D eigenvalue weighted by Crippen LogP contribution is -2.10. The second-order valence-electron chi connectivity index (χ2n) is 4.67. The van der Waals surface area contributed by atoms with Crippen molar-refractivity contribution in [2.45, 2.75) is 19.9 Å². The van der Waals surface area contributed by atoms with E-state index in [9.17, 15) is 14.9 Å². The number of Topliss-reactive ketones (excluding diaryl/α,β-unsaturated/α-hetero) is 1. The Morgan fingerprint density at radius 3 is 2.67 bits per heavy atom. The molecule has 108 valence electrons. The van der Waals surface area contributed by atoms with Gasteiger partial charge in [0.1, 0.15) is 5.69 Å². The molecule has 0 radical (unpaired) electrons. The molecule has 0 aliphatic rings. The highest BCUT2D eigenvalue weighted by molar-refractivity contribution is 5.95. The number of hydrogen-bond donors (Lipinski definition) is 1. The van der Waals surface area contributed by atoms with Crippen molar-refractivity contribution in [3.8, 4) is 0 Å². The standard InChI is InChI=1S/C15H15N3O3/c1-10(13-5-3-4-8-16-13)17-14-7-6-12(11(2)19)9-15(14)18(20)21/h3-10,17H,1-2H3/t10-/m0/s1. The molecule has 1 atom stereocenters. The molecule has 0 saturated heterocycles. The first-order chi connectivity index (χ1) is 9.99. The Balaban J connectivity index is 2.31. The van der Waals surface area contributed by atoms with Gasteiger partial charge in [-0.1, -0.05) is 6.07 Å².